The quantitative estimate of drug-likeness (QED) is 0.650. The van der Waals surface area contributed by atoms with Crippen molar-refractivity contribution in [2.75, 3.05) is 33.4 Å². The van der Waals surface area contributed by atoms with Gasteiger partial charge in [0.2, 0.25) is 5.91 Å². The van der Waals surface area contributed by atoms with E-state index in [2.05, 4.69) is 13.8 Å². The average Bonchev–Trinajstić information content (AvgIpc) is 2.80. The summed E-state index contributed by atoms with van der Waals surface area (Å²) in [5, 5.41) is 2.03. The first-order valence-electron chi connectivity index (χ1n) is 11.2. The zero-order chi connectivity index (χ0) is 21.5. The molecule has 2 aromatic carbocycles. The molecule has 1 saturated heterocycles. The fourth-order valence-corrected chi connectivity index (χ4v) is 4.57. The van der Waals surface area contributed by atoms with Crippen LogP contribution in [0.25, 0.3) is 10.8 Å². The van der Waals surface area contributed by atoms with Gasteiger partial charge in [0, 0.05) is 38.3 Å². The zero-order valence-electron chi connectivity index (χ0n) is 18.5. The maximum Gasteiger partial charge on any atom is 0.254 e. The molecule has 1 fully saturated rings. The number of fused-ring (bicyclic) bond motifs is 1. The molecule has 3 rings (SSSR count). The second-order valence-corrected chi connectivity index (χ2v) is 8.11. The number of carbonyl (C=O) groups excluding carboxylic acids is 2. The van der Waals surface area contributed by atoms with E-state index >= 15 is 0 Å². The Kier molecular flexibility index (Phi) is 7.86. The SMILES string of the molecule is CCC(CC)N(CCOC)C(=O)C1CCCN(C(=O)c2cccc3ccccc23)C1. The minimum absolute atomic E-state index is 0.0234. The van der Waals surface area contributed by atoms with Gasteiger partial charge in [-0.3, -0.25) is 9.59 Å². The summed E-state index contributed by atoms with van der Waals surface area (Å²) in [6.07, 6.45) is 3.55. The van der Waals surface area contributed by atoms with Gasteiger partial charge in [0.15, 0.2) is 0 Å². The van der Waals surface area contributed by atoms with Crippen LogP contribution in [0.2, 0.25) is 0 Å². The number of piperidine rings is 1. The fourth-order valence-electron chi connectivity index (χ4n) is 4.57. The van der Waals surface area contributed by atoms with E-state index in [0.717, 1.165) is 42.0 Å². The van der Waals surface area contributed by atoms with Gasteiger partial charge in [0.1, 0.15) is 0 Å². The molecule has 0 spiro atoms. The normalized spacial score (nSPS) is 16.8. The maximum atomic E-state index is 13.4. The standard InChI is InChI=1S/C25H34N2O3/c1-4-21(5-2)27(16-17-30-3)24(28)20-12-9-15-26(18-20)25(29)23-14-8-11-19-10-6-7-13-22(19)23/h6-8,10-11,13-14,20-21H,4-5,9,12,15-18H2,1-3H3. The molecule has 2 amide bonds. The number of methoxy groups -OCH3 is 1. The van der Waals surface area contributed by atoms with Crippen molar-refractivity contribution in [2.45, 2.75) is 45.6 Å². The number of nitrogens with zero attached hydrogens (tertiary/aromatic N) is 2. The molecule has 0 bridgehead atoms. The number of benzene rings is 2. The molecule has 1 aliphatic heterocycles. The van der Waals surface area contributed by atoms with Crippen molar-refractivity contribution in [3.05, 3.63) is 48.0 Å². The number of hydrogen-bond acceptors (Lipinski definition) is 3. The topological polar surface area (TPSA) is 49.9 Å². The molecular weight excluding hydrogens is 376 g/mol. The molecule has 30 heavy (non-hydrogen) atoms. The van der Waals surface area contributed by atoms with Gasteiger partial charge in [0.05, 0.1) is 12.5 Å². The van der Waals surface area contributed by atoms with Crippen LogP contribution in [0.3, 0.4) is 0 Å². The molecule has 5 heteroatoms. The third-order valence-corrected chi connectivity index (χ3v) is 6.28. The minimum atomic E-state index is -0.143. The highest BCUT2D eigenvalue weighted by molar-refractivity contribution is 6.07. The largest absolute Gasteiger partial charge is 0.383 e. The molecule has 0 aliphatic carbocycles. The second-order valence-electron chi connectivity index (χ2n) is 8.11. The first kappa shape index (κ1) is 22.3. The van der Waals surface area contributed by atoms with Gasteiger partial charge in [-0.1, -0.05) is 50.2 Å². The van der Waals surface area contributed by atoms with Crippen molar-refractivity contribution in [1.29, 1.82) is 0 Å². The van der Waals surface area contributed by atoms with Crippen LogP contribution in [0.1, 0.15) is 49.9 Å². The first-order valence-corrected chi connectivity index (χ1v) is 11.2. The molecule has 1 heterocycles. The number of rotatable bonds is 8. The van der Waals surface area contributed by atoms with Crippen LogP contribution >= 0.6 is 0 Å². The van der Waals surface area contributed by atoms with E-state index < -0.39 is 0 Å². The van der Waals surface area contributed by atoms with Crippen molar-refractivity contribution in [3.63, 3.8) is 0 Å². The molecule has 2 aromatic rings. The van der Waals surface area contributed by atoms with Gasteiger partial charge in [-0.15, -0.1) is 0 Å². The smallest absolute Gasteiger partial charge is 0.254 e. The van der Waals surface area contributed by atoms with Gasteiger partial charge < -0.3 is 14.5 Å². The maximum absolute atomic E-state index is 13.4. The Bertz CT molecular complexity index is 857. The first-order chi connectivity index (χ1) is 14.6. The lowest BCUT2D eigenvalue weighted by Crippen LogP contribution is -2.50. The van der Waals surface area contributed by atoms with Gasteiger partial charge in [0.25, 0.3) is 5.91 Å². The average molecular weight is 411 g/mol. The van der Waals surface area contributed by atoms with E-state index in [9.17, 15) is 9.59 Å². The number of hydrogen-bond donors (Lipinski definition) is 0. The molecule has 0 aromatic heterocycles. The summed E-state index contributed by atoms with van der Waals surface area (Å²) in [6, 6.07) is 14.0. The summed E-state index contributed by atoms with van der Waals surface area (Å²) < 4.78 is 5.25. The molecule has 1 aliphatic rings. The third-order valence-electron chi connectivity index (χ3n) is 6.28. The van der Waals surface area contributed by atoms with E-state index in [-0.39, 0.29) is 23.8 Å². The summed E-state index contributed by atoms with van der Waals surface area (Å²) in [6.45, 7) is 6.58. The number of likely N-dealkylation sites (tertiary alicyclic amines) is 1. The summed E-state index contributed by atoms with van der Waals surface area (Å²) in [7, 11) is 1.67. The van der Waals surface area contributed by atoms with Crippen LogP contribution < -0.4 is 0 Å². The summed E-state index contributed by atoms with van der Waals surface area (Å²) in [5.74, 6) is 0.0431. The Balaban J connectivity index is 1.78. The van der Waals surface area contributed by atoms with Crippen LogP contribution in [-0.4, -0.2) is 61.0 Å². The molecular formula is C25H34N2O3. The summed E-state index contributed by atoms with van der Waals surface area (Å²) in [5.41, 5.74) is 0.720. The molecule has 5 nitrogen and oxygen atoms in total. The van der Waals surface area contributed by atoms with Crippen molar-refractivity contribution < 1.29 is 14.3 Å². The third kappa shape index (κ3) is 4.84. The van der Waals surface area contributed by atoms with Gasteiger partial charge in [-0.25, -0.2) is 0 Å². The van der Waals surface area contributed by atoms with Crippen molar-refractivity contribution in [3.8, 4) is 0 Å². The Labute approximate surface area is 180 Å². The Morgan fingerprint density at radius 1 is 1.13 bits per heavy atom. The van der Waals surface area contributed by atoms with E-state index in [1.54, 1.807) is 7.11 Å². The van der Waals surface area contributed by atoms with E-state index in [4.69, 9.17) is 4.74 Å². The van der Waals surface area contributed by atoms with Crippen molar-refractivity contribution in [2.24, 2.45) is 5.92 Å². The Morgan fingerprint density at radius 2 is 1.87 bits per heavy atom. The number of amides is 2. The molecule has 0 saturated carbocycles. The fraction of sp³-hybridized carbons (Fsp3) is 0.520. The van der Waals surface area contributed by atoms with Crippen LogP contribution in [0.15, 0.2) is 42.5 Å². The van der Waals surface area contributed by atoms with Crippen molar-refractivity contribution in [1.82, 2.24) is 9.80 Å². The van der Waals surface area contributed by atoms with Crippen LogP contribution in [0, 0.1) is 5.92 Å². The highest BCUT2D eigenvalue weighted by Crippen LogP contribution is 2.25. The van der Waals surface area contributed by atoms with Gasteiger partial charge >= 0.3 is 0 Å². The lowest BCUT2D eigenvalue weighted by molar-refractivity contribution is -0.140. The highest BCUT2D eigenvalue weighted by Gasteiger charge is 2.33. The lowest BCUT2D eigenvalue weighted by atomic mass is 9.94. The predicted molar refractivity (Wildman–Crippen MR) is 121 cm³/mol. The Morgan fingerprint density at radius 3 is 2.60 bits per heavy atom. The summed E-state index contributed by atoms with van der Waals surface area (Å²) >= 11 is 0. The molecule has 0 N–H and O–H groups in total. The van der Waals surface area contributed by atoms with Crippen LogP contribution in [-0.2, 0) is 9.53 Å². The summed E-state index contributed by atoms with van der Waals surface area (Å²) in [4.78, 5) is 30.6. The molecule has 1 unspecified atom stereocenters. The minimum Gasteiger partial charge on any atom is -0.383 e. The van der Waals surface area contributed by atoms with Crippen LogP contribution in [0.4, 0.5) is 0 Å². The second kappa shape index (κ2) is 10.6. The number of ether oxygens (including phenoxy) is 1. The predicted octanol–water partition coefficient (Wildman–Crippen LogP) is 4.36. The van der Waals surface area contributed by atoms with Crippen molar-refractivity contribution >= 4 is 22.6 Å². The molecule has 0 radical (unpaired) electrons. The highest BCUT2D eigenvalue weighted by atomic mass is 16.5. The van der Waals surface area contributed by atoms with Gasteiger partial charge in [-0.2, -0.15) is 0 Å². The van der Waals surface area contributed by atoms with E-state index in [0.29, 0.717) is 26.2 Å². The molecule has 162 valence electrons. The Hall–Kier alpha value is -2.40. The van der Waals surface area contributed by atoms with Crippen LogP contribution in [0.5, 0.6) is 0 Å². The van der Waals surface area contributed by atoms with Gasteiger partial charge in [-0.05, 0) is 42.5 Å². The van der Waals surface area contributed by atoms with E-state index in [1.807, 2.05) is 52.3 Å². The van der Waals surface area contributed by atoms with E-state index in [1.165, 1.54) is 0 Å². The zero-order valence-corrected chi connectivity index (χ0v) is 18.5. The molecule has 1 atom stereocenters. The lowest BCUT2D eigenvalue weighted by Gasteiger charge is -2.38. The number of carbonyl (C=O) groups is 2. The monoisotopic (exact) mass is 410 g/mol.